The van der Waals surface area contributed by atoms with Crippen LogP contribution in [0.15, 0.2) is 12.3 Å². The highest BCUT2D eigenvalue weighted by Crippen LogP contribution is 2.08. The summed E-state index contributed by atoms with van der Waals surface area (Å²) < 4.78 is 0. The van der Waals surface area contributed by atoms with Crippen molar-refractivity contribution in [1.82, 2.24) is 4.90 Å². The molecule has 0 atom stereocenters. The van der Waals surface area contributed by atoms with Gasteiger partial charge in [0.15, 0.2) is 0 Å². The van der Waals surface area contributed by atoms with E-state index in [0.717, 1.165) is 6.42 Å². The Balaban J connectivity index is 0. The van der Waals surface area contributed by atoms with Crippen LogP contribution < -0.4 is 0 Å². The van der Waals surface area contributed by atoms with E-state index in [1.807, 2.05) is 0 Å². The maximum Gasteiger partial charge on any atom is 0.0172 e. The zero-order valence-corrected chi connectivity index (χ0v) is 6.84. The van der Waals surface area contributed by atoms with Gasteiger partial charge in [0.2, 0.25) is 0 Å². The van der Waals surface area contributed by atoms with E-state index in [9.17, 15) is 0 Å². The molecule has 12 heavy (non-hydrogen) atoms. The van der Waals surface area contributed by atoms with Gasteiger partial charge in [-0.05, 0) is 31.9 Å². The Labute approximate surface area is 78.5 Å². The lowest BCUT2D eigenvalue weighted by Gasteiger charge is -2.24. The third kappa shape index (κ3) is 5.22. The fourth-order valence-corrected chi connectivity index (χ4v) is 1.32. The number of nitrogens with zero attached hydrogens (tertiary/aromatic N) is 1. The number of piperidine rings is 1. The predicted molar refractivity (Wildman–Crippen MR) is 58.3 cm³/mol. The van der Waals surface area contributed by atoms with Gasteiger partial charge < -0.3 is 4.90 Å². The minimum Gasteiger partial charge on any atom is -0.378 e. The van der Waals surface area contributed by atoms with Gasteiger partial charge in [0.1, 0.15) is 0 Å². The minimum absolute atomic E-state index is 0. The van der Waals surface area contributed by atoms with Crippen molar-refractivity contribution in [3.8, 4) is 0 Å². The average Bonchev–Trinajstić information content (AvgIpc) is 2.03. The van der Waals surface area contributed by atoms with Crippen LogP contribution in [0.2, 0.25) is 0 Å². The maximum absolute atomic E-state index is 2.42. The second-order valence-corrected chi connectivity index (χ2v) is 2.89. The Kier molecular flexibility index (Phi) is 10.1. The lowest BCUT2D eigenvalue weighted by molar-refractivity contribution is 0.309. The van der Waals surface area contributed by atoms with Gasteiger partial charge in [-0.1, -0.05) is 27.9 Å². The summed E-state index contributed by atoms with van der Waals surface area (Å²) in [6.07, 6.45) is 9.85. The molecule has 0 radical (unpaired) electrons. The van der Waals surface area contributed by atoms with Crippen molar-refractivity contribution in [1.29, 1.82) is 0 Å². The molecular weight excluding hydrogens is 146 g/mol. The third-order valence-corrected chi connectivity index (χ3v) is 1.94. The molecule has 1 fully saturated rings. The molecule has 0 unspecified atom stereocenters. The molecule has 0 spiro atoms. The van der Waals surface area contributed by atoms with Gasteiger partial charge in [-0.2, -0.15) is 0 Å². The van der Waals surface area contributed by atoms with Gasteiger partial charge >= 0.3 is 0 Å². The van der Waals surface area contributed by atoms with Gasteiger partial charge in [-0.15, -0.1) is 0 Å². The van der Waals surface area contributed by atoms with Crippen LogP contribution in [0, 0.1) is 0 Å². The first-order valence-electron chi connectivity index (χ1n) is 4.34. The van der Waals surface area contributed by atoms with E-state index in [4.69, 9.17) is 0 Å². The number of rotatable bonds is 2. The summed E-state index contributed by atoms with van der Waals surface area (Å²) in [5.41, 5.74) is 0. The largest absolute Gasteiger partial charge is 0.378 e. The van der Waals surface area contributed by atoms with E-state index >= 15 is 0 Å². The highest BCUT2D eigenvalue weighted by molar-refractivity contribution is 4.82. The second-order valence-electron chi connectivity index (χ2n) is 2.89. The van der Waals surface area contributed by atoms with Crippen LogP contribution in [0.25, 0.3) is 0 Å². The molecule has 0 saturated carbocycles. The molecule has 1 rings (SSSR count). The van der Waals surface area contributed by atoms with Gasteiger partial charge in [0, 0.05) is 13.1 Å². The SMILES string of the molecule is C.C.CCC=CN1CCCCC1. The standard InChI is InChI=1S/C9H17N.2CH4/c1-2-3-7-10-8-5-4-6-9-10;;/h3,7H,2,4-6,8-9H2,1H3;2*1H4. The Morgan fingerprint density at radius 1 is 1.08 bits per heavy atom. The summed E-state index contributed by atoms with van der Waals surface area (Å²) in [4.78, 5) is 2.42. The zero-order chi connectivity index (χ0) is 7.23. The van der Waals surface area contributed by atoms with Crippen molar-refractivity contribution >= 4 is 0 Å². The molecule has 0 aromatic heterocycles. The van der Waals surface area contributed by atoms with E-state index < -0.39 is 0 Å². The average molecular weight is 171 g/mol. The van der Waals surface area contributed by atoms with Crippen molar-refractivity contribution in [2.75, 3.05) is 13.1 Å². The maximum atomic E-state index is 2.42. The highest BCUT2D eigenvalue weighted by atomic mass is 15.1. The van der Waals surface area contributed by atoms with Gasteiger partial charge in [0.25, 0.3) is 0 Å². The predicted octanol–water partition coefficient (Wildman–Crippen LogP) is 3.67. The second kappa shape index (κ2) is 8.63. The van der Waals surface area contributed by atoms with Crippen LogP contribution in [0.4, 0.5) is 0 Å². The van der Waals surface area contributed by atoms with Gasteiger partial charge in [-0.3, -0.25) is 0 Å². The fraction of sp³-hybridized carbons (Fsp3) is 0.818. The van der Waals surface area contributed by atoms with Crippen molar-refractivity contribution in [3.05, 3.63) is 12.3 Å². The van der Waals surface area contributed by atoms with E-state index in [-0.39, 0.29) is 14.9 Å². The van der Waals surface area contributed by atoms with Crippen molar-refractivity contribution in [2.45, 2.75) is 47.5 Å². The normalized spacial score (nSPS) is 16.9. The molecule has 0 aromatic rings. The molecular formula is C11H25N. The van der Waals surface area contributed by atoms with E-state index in [1.54, 1.807) is 0 Å². The molecule has 74 valence electrons. The van der Waals surface area contributed by atoms with Gasteiger partial charge in [0.05, 0.1) is 0 Å². The summed E-state index contributed by atoms with van der Waals surface area (Å²) in [6.45, 7) is 4.73. The number of hydrogen-bond donors (Lipinski definition) is 0. The molecule has 1 saturated heterocycles. The highest BCUT2D eigenvalue weighted by Gasteiger charge is 2.03. The molecule has 0 N–H and O–H groups in total. The smallest absolute Gasteiger partial charge is 0.0172 e. The van der Waals surface area contributed by atoms with Crippen molar-refractivity contribution < 1.29 is 0 Å². The third-order valence-electron chi connectivity index (χ3n) is 1.94. The summed E-state index contributed by atoms with van der Waals surface area (Å²) >= 11 is 0. The molecule has 1 aliphatic rings. The van der Waals surface area contributed by atoms with Crippen molar-refractivity contribution in [2.24, 2.45) is 0 Å². The zero-order valence-electron chi connectivity index (χ0n) is 6.84. The van der Waals surface area contributed by atoms with Gasteiger partial charge in [-0.25, -0.2) is 0 Å². The topological polar surface area (TPSA) is 3.24 Å². The Hall–Kier alpha value is -0.460. The van der Waals surface area contributed by atoms with Crippen molar-refractivity contribution in [3.63, 3.8) is 0 Å². The van der Waals surface area contributed by atoms with Crippen LogP contribution in [0.1, 0.15) is 47.5 Å². The van der Waals surface area contributed by atoms with E-state index in [2.05, 4.69) is 24.1 Å². The lowest BCUT2D eigenvalue weighted by Crippen LogP contribution is -2.23. The van der Waals surface area contributed by atoms with Crippen LogP contribution in [0.3, 0.4) is 0 Å². The summed E-state index contributed by atoms with van der Waals surface area (Å²) in [6, 6.07) is 0. The molecule has 1 aliphatic heterocycles. The number of hydrogen-bond acceptors (Lipinski definition) is 1. The first kappa shape index (κ1) is 14.1. The van der Waals surface area contributed by atoms with Crippen LogP contribution >= 0.6 is 0 Å². The first-order chi connectivity index (χ1) is 4.93. The summed E-state index contributed by atoms with van der Waals surface area (Å²) in [5.74, 6) is 0. The fourth-order valence-electron chi connectivity index (χ4n) is 1.32. The molecule has 1 nitrogen and oxygen atoms in total. The number of allylic oxidation sites excluding steroid dienone is 1. The molecule has 0 aliphatic carbocycles. The van der Waals surface area contributed by atoms with E-state index in [1.165, 1.54) is 32.4 Å². The molecule has 0 bridgehead atoms. The molecule has 1 heterocycles. The molecule has 0 aromatic carbocycles. The van der Waals surface area contributed by atoms with Crippen LogP contribution in [-0.2, 0) is 0 Å². The quantitative estimate of drug-likeness (QED) is 0.613. The number of likely N-dealkylation sites (tertiary alicyclic amines) is 1. The Morgan fingerprint density at radius 3 is 2.17 bits per heavy atom. The molecule has 0 amide bonds. The Bertz CT molecular complexity index is 102. The summed E-state index contributed by atoms with van der Waals surface area (Å²) in [5, 5.41) is 0. The minimum atomic E-state index is 0. The molecule has 1 heteroatoms. The van der Waals surface area contributed by atoms with Crippen LogP contribution in [-0.4, -0.2) is 18.0 Å². The first-order valence-corrected chi connectivity index (χ1v) is 4.34. The summed E-state index contributed by atoms with van der Waals surface area (Å²) in [7, 11) is 0. The lowest BCUT2D eigenvalue weighted by atomic mass is 10.1. The van der Waals surface area contributed by atoms with E-state index in [0.29, 0.717) is 0 Å². The van der Waals surface area contributed by atoms with Crippen LogP contribution in [0.5, 0.6) is 0 Å². The monoisotopic (exact) mass is 171 g/mol. The Morgan fingerprint density at radius 2 is 1.67 bits per heavy atom.